The van der Waals surface area contributed by atoms with E-state index in [1.54, 1.807) is 12.1 Å². The van der Waals surface area contributed by atoms with E-state index in [-0.39, 0.29) is 35.5 Å². The second kappa shape index (κ2) is 3.65. The molecule has 1 saturated heterocycles. The first kappa shape index (κ1) is 12.5. The van der Waals surface area contributed by atoms with Crippen LogP contribution in [0.2, 0.25) is 0 Å². The lowest BCUT2D eigenvalue weighted by Gasteiger charge is -2.39. The van der Waals surface area contributed by atoms with Crippen LogP contribution < -0.4 is 5.32 Å². The third-order valence-electron chi connectivity index (χ3n) is 5.10. The molecule has 0 saturated carbocycles. The van der Waals surface area contributed by atoms with Crippen molar-refractivity contribution in [2.45, 2.75) is 11.8 Å². The van der Waals surface area contributed by atoms with Crippen LogP contribution in [0, 0.1) is 0 Å². The molecule has 0 radical (unpaired) electrons. The summed E-state index contributed by atoms with van der Waals surface area (Å²) in [6.07, 6.45) is 3.63. The van der Waals surface area contributed by atoms with Gasteiger partial charge in [0, 0.05) is 30.0 Å². The van der Waals surface area contributed by atoms with E-state index in [9.17, 15) is 19.2 Å². The zero-order valence-electron chi connectivity index (χ0n) is 12.0. The zero-order valence-corrected chi connectivity index (χ0v) is 12.0. The summed E-state index contributed by atoms with van der Waals surface area (Å²) >= 11 is 0. The van der Waals surface area contributed by atoms with Crippen LogP contribution in [-0.2, 0) is 9.59 Å². The quantitative estimate of drug-likeness (QED) is 0.712. The highest BCUT2D eigenvalue weighted by Crippen LogP contribution is 2.54. The van der Waals surface area contributed by atoms with Crippen molar-refractivity contribution in [3.63, 3.8) is 0 Å². The van der Waals surface area contributed by atoms with Gasteiger partial charge in [-0.05, 0) is 23.3 Å². The lowest BCUT2D eigenvalue weighted by Crippen LogP contribution is -2.26. The molecule has 1 aromatic carbocycles. The summed E-state index contributed by atoms with van der Waals surface area (Å²) in [6, 6.07) is 3.46. The van der Waals surface area contributed by atoms with Gasteiger partial charge in [-0.25, -0.2) is 0 Å². The van der Waals surface area contributed by atoms with Crippen molar-refractivity contribution >= 4 is 23.6 Å². The Kier molecular flexibility index (Phi) is 1.99. The number of likely N-dealkylation sites (N-methyl/N-ethyl adjacent to an activating group) is 1. The molecule has 4 amide bonds. The molecule has 1 fully saturated rings. The van der Waals surface area contributed by atoms with Gasteiger partial charge in [0.2, 0.25) is 0 Å². The van der Waals surface area contributed by atoms with E-state index < -0.39 is 0 Å². The fourth-order valence-corrected chi connectivity index (χ4v) is 3.87. The lowest BCUT2D eigenvalue weighted by molar-refractivity contribution is -0.134. The molecule has 1 aromatic rings. The van der Waals surface area contributed by atoms with Crippen LogP contribution in [0.25, 0.3) is 0 Å². The number of fused-ring (bicyclic) bond motifs is 6. The number of allylic oxidation sites excluding steroid dienone is 2. The van der Waals surface area contributed by atoms with Gasteiger partial charge in [-0.15, -0.1) is 0 Å². The molecule has 2 unspecified atom stereocenters. The van der Waals surface area contributed by atoms with Crippen molar-refractivity contribution in [1.29, 1.82) is 0 Å². The van der Waals surface area contributed by atoms with Crippen molar-refractivity contribution in [2.24, 2.45) is 0 Å². The van der Waals surface area contributed by atoms with Crippen LogP contribution in [0.5, 0.6) is 0 Å². The highest BCUT2D eigenvalue weighted by molar-refractivity contribution is 6.25. The Labute approximate surface area is 130 Å². The minimum absolute atomic E-state index is 0.0270. The fraction of sp³-hybridized carbons (Fsp3) is 0.176. The summed E-state index contributed by atoms with van der Waals surface area (Å²) in [4.78, 5) is 48.9. The van der Waals surface area contributed by atoms with Crippen molar-refractivity contribution in [2.75, 3.05) is 7.05 Å². The van der Waals surface area contributed by atoms with E-state index in [1.807, 2.05) is 12.2 Å². The predicted octanol–water partition coefficient (Wildman–Crippen LogP) is 0.616. The van der Waals surface area contributed by atoms with Gasteiger partial charge in [0.1, 0.15) is 0 Å². The van der Waals surface area contributed by atoms with E-state index >= 15 is 0 Å². The average molecular weight is 306 g/mol. The van der Waals surface area contributed by atoms with Gasteiger partial charge in [-0.1, -0.05) is 12.2 Å². The Balaban J connectivity index is 1.68. The first-order valence-corrected chi connectivity index (χ1v) is 7.27. The number of hydrogen-bond acceptors (Lipinski definition) is 4. The third-order valence-corrected chi connectivity index (χ3v) is 5.10. The summed E-state index contributed by atoms with van der Waals surface area (Å²) in [5.41, 5.74) is 3.51. The molecule has 0 bridgehead atoms. The molecule has 5 rings (SSSR count). The van der Waals surface area contributed by atoms with E-state index in [0.29, 0.717) is 22.3 Å². The molecule has 4 aliphatic rings. The van der Waals surface area contributed by atoms with Crippen LogP contribution in [0.4, 0.5) is 0 Å². The monoisotopic (exact) mass is 306 g/mol. The lowest BCUT2D eigenvalue weighted by atomic mass is 9.63. The SMILES string of the molecule is CN1C(=O)C2=CC3c4cc5c(cc4C3C=C2C1=O)C(=O)NC5=O. The first-order chi connectivity index (χ1) is 11.0. The van der Waals surface area contributed by atoms with Crippen molar-refractivity contribution < 1.29 is 19.2 Å². The predicted molar refractivity (Wildman–Crippen MR) is 77.7 cm³/mol. The topological polar surface area (TPSA) is 83.6 Å². The maximum absolute atomic E-state index is 12.1. The van der Waals surface area contributed by atoms with Crippen LogP contribution in [0.1, 0.15) is 43.7 Å². The maximum atomic E-state index is 12.1. The van der Waals surface area contributed by atoms with Crippen molar-refractivity contribution in [1.82, 2.24) is 10.2 Å². The molecule has 1 N–H and O–H groups in total. The Morgan fingerprint density at radius 2 is 1.26 bits per heavy atom. The van der Waals surface area contributed by atoms with Crippen molar-refractivity contribution in [3.8, 4) is 0 Å². The molecule has 2 aliphatic carbocycles. The largest absolute Gasteiger partial charge is 0.288 e. The smallest absolute Gasteiger partial charge is 0.260 e. The number of nitrogens with zero attached hydrogens (tertiary/aromatic N) is 1. The summed E-state index contributed by atoms with van der Waals surface area (Å²) in [5, 5.41) is 2.28. The highest BCUT2D eigenvalue weighted by Gasteiger charge is 2.46. The number of benzene rings is 1. The molecule has 2 heterocycles. The number of carbonyl (C=O) groups excluding carboxylic acids is 4. The molecule has 2 atom stereocenters. The third kappa shape index (κ3) is 1.30. The number of carbonyl (C=O) groups is 4. The summed E-state index contributed by atoms with van der Waals surface area (Å²) < 4.78 is 0. The van der Waals surface area contributed by atoms with Crippen LogP contribution >= 0.6 is 0 Å². The minimum atomic E-state index is -0.386. The number of nitrogens with one attached hydrogen (secondary N) is 1. The van der Waals surface area contributed by atoms with Gasteiger partial charge in [0.05, 0.1) is 11.1 Å². The minimum Gasteiger partial charge on any atom is -0.288 e. The number of likely N-dealkylation sites (tertiary alicyclic amines) is 1. The van der Waals surface area contributed by atoms with Crippen LogP contribution in [0.15, 0.2) is 35.4 Å². The molecule has 6 nitrogen and oxygen atoms in total. The van der Waals surface area contributed by atoms with Gasteiger partial charge in [0.15, 0.2) is 0 Å². The normalized spacial score (nSPS) is 26.7. The molecular weight excluding hydrogens is 296 g/mol. The highest BCUT2D eigenvalue weighted by atomic mass is 16.2. The average Bonchev–Trinajstić information content (AvgIpc) is 2.93. The molecule has 2 aliphatic heterocycles. The van der Waals surface area contributed by atoms with Gasteiger partial charge < -0.3 is 0 Å². The Morgan fingerprint density at radius 3 is 1.70 bits per heavy atom. The van der Waals surface area contributed by atoms with Gasteiger partial charge >= 0.3 is 0 Å². The van der Waals surface area contributed by atoms with E-state index in [1.165, 1.54) is 7.05 Å². The van der Waals surface area contributed by atoms with Crippen LogP contribution in [-0.4, -0.2) is 35.6 Å². The molecule has 0 spiro atoms. The van der Waals surface area contributed by atoms with Crippen molar-refractivity contribution in [3.05, 3.63) is 57.7 Å². The summed E-state index contributed by atoms with van der Waals surface area (Å²) in [5.74, 6) is -1.41. The fourth-order valence-electron chi connectivity index (χ4n) is 3.87. The molecule has 6 heteroatoms. The first-order valence-electron chi connectivity index (χ1n) is 7.27. The maximum Gasteiger partial charge on any atom is 0.260 e. The number of imide groups is 2. The second-order valence-corrected chi connectivity index (χ2v) is 6.19. The van der Waals surface area contributed by atoms with Gasteiger partial charge in [-0.3, -0.25) is 29.4 Å². The van der Waals surface area contributed by atoms with Gasteiger partial charge in [0.25, 0.3) is 23.6 Å². The number of amides is 4. The molecular formula is C17H10N2O4. The Bertz CT molecular complexity index is 879. The molecule has 112 valence electrons. The summed E-state index contributed by atoms with van der Waals surface area (Å²) in [7, 11) is 1.47. The number of rotatable bonds is 0. The zero-order chi connectivity index (χ0) is 16.0. The van der Waals surface area contributed by atoms with E-state index in [4.69, 9.17) is 0 Å². The van der Waals surface area contributed by atoms with Crippen LogP contribution in [0.3, 0.4) is 0 Å². The van der Waals surface area contributed by atoms with E-state index in [0.717, 1.165) is 16.0 Å². The molecule has 0 aromatic heterocycles. The van der Waals surface area contributed by atoms with E-state index in [2.05, 4.69) is 5.32 Å². The summed E-state index contributed by atoms with van der Waals surface area (Å²) in [6.45, 7) is 0. The second-order valence-electron chi connectivity index (χ2n) is 6.19. The number of hydrogen-bond donors (Lipinski definition) is 1. The Hall–Kier alpha value is -3.02. The van der Waals surface area contributed by atoms with Gasteiger partial charge in [-0.2, -0.15) is 0 Å². The molecule has 23 heavy (non-hydrogen) atoms. The standard InChI is InChI=1S/C17H10N2O4/c1-19-16(22)12-4-8-6-2-10-11(15(21)18-14(10)20)3-7(6)9(8)5-13(12)17(19)23/h2-5,8-9H,1H3,(H,18,20,21). The Morgan fingerprint density at radius 1 is 0.826 bits per heavy atom.